The fourth-order valence-corrected chi connectivity index (χ4v) is 1.93. The molecule has 2 aromatic rings. The van der Waals surface area contributed by atoms with E-state index in [0.29, 0.717) is 6.04 Å². The van der Waals surface area contributed by atoms with Gasteiger partial charge in [0, 0.05) is 29.5 Å². The molecule has 90 valence electrons. The van der Waals surface area contributed by atoms with Crippen molar-refractivity contribution in [1.29, 1.82) is 0 Å². The summed E-state index contributed by atoms with van der Waals surface area (Å²) in [5.41, 5.74) is 2.36. The summed E-state index contributed by atoms with van der Waals surface area (Å²) < 4.78 is 0. The summed E-state index contributed by atoms with van der Waals surface area (Å²) in [6.07, 6.45) is 4.57. The van der Waals surface area contributed by atoms with Crippen molar-refractivity contribution >= 4 is 11.6 Å². The molecule has 0 radical (unpaired) electrons. The lowest BCUT2D eigenvalue weighted by Gasteiger charge is -2.17. The van der Waals surface area contributed by atoms with E-state index in [0.717, 1.165) is 23.7 Å². The highest BCUT2D eigenvalue weighted by atomic mass is 35.5. The van der Waals surface area contributed by atoms with Crippen LogP contribution in [0.15, 0.2) is 36.8 Å². The molecule has 2 N–H and O–H groups in total. The van der Waals surface area contributed by atoms with Crippen LogP contribution in [-0.4, -0.2) is 9.97 Å². The summed E-state index contributed by atoms with van der Waals surface area (Å²) in [6.45, 7) is 2.96. The summed E-state index contributed by atoms with van der Waals surface area (Å²) in [6, 6.07) is 8.33. The molecular formula is C13H16ClN3. The van der Waals surface area contributed by atoms with Crippen molar-refractivity contribution in [2.45, 2.75) is 25.9 Å². The van der Waals surface area contributed by atoms with Crippen molar-refractivity contribution in [3.63, 3.8) is 0 Å². The van der Waals surface area contributed by atoms with Gasteiger partial charge in [-0.1, -0.05) is 30.7 Å². The number of aromatic nitrogens is 2. The Morgan fingerprint density at radius 2 is 2.12 bits per heavy atom. The molecule has 1 heterocycles. The van der Waals surface area contributed by atoms with Crippen LogP contribution in [-0.2, 0) is 6.54 Å². The number of imidazole rings is 1. The molecule has 1 aromatic heterocycles. The number of benzene rings is 1. The second kappa shape index (κ2) is 5.84. The maximum Gasteiger partial charge on any atom is 0.0922 e. The number of nitrogens with zero attached hydrogens (tertiary/aromatic N) is 1. The van der Waals surface area contributed by atoms with Gasteiger partial charge in [-0.15, -0.1) is 0 Å². The molecule has 0 aliphatic heterocycles. The molecule has 0 saturated carbocycles. The van der Waals surface area contributed by atoms with Crippen molar-refractivity contribution in [1.82, 2.24) is 15.3 Å². The van der Waals surface area contributed by atoms with E-state index in [-0.39, 0.29) is 0 Å². The zero-order chi connectivity index (χ0) is 12.1. The van der Waals surface area contributed by atoms with Gasteiger partial charge in [-0.25, -0.2) is 4.98 Å². The van der Waals surface area contributed by atoms with Crippen LogP contribution in [0, 0.1) is 0 Å². The third kappa shape index (κ3) is 3.32. The Hall–Kier alpha value is -1.32. The molecule has 0 saturated heterocycles. The van der Waals surface area contributed by atoms with E-state index in [2.05, 4.69) is 34.3 Å². The topological polar surface area (TPSA) is 40.7 Å². The van der Waals surface area contributed by atoms with Crippen molar-refractivity contribution in [3.05, 3.63) is 53.1 Å². The van der Waals surface area contributed by atoms with Crippen LogP contribution in [0.2, 0.25) is 5.02 Å². The molecule has 2 rings (SSSR count). The maximum absolute atomic E-state index is 5.88. The first-order valence-corrected chi connectivity index (χ1v) is 6.13. The summed E-state index contributed by atoms with van der Waals surface area (Å²) in [5, 5.41) is 4.27. The van der Waals surface area contributed by atoms with Crippen LogP contribution < -0.4 is 5.32 Å². The zero-order valence-electron chi connectivity index (χ0n) is 9.78. The van der Waals surface area contributed by atoms with E-state index in [9.17, 15) is 0 Å². The minimum Gasteiger partial charge on any atom is -0.347 e. The molecule has 0 fully saturated rings. The minimum atomic E-state index is 0.343. The quantitative estimate of drug-likeness (QED) is 0.854. The number of hydrogen-bond donors (Lipinski definition) is 2. The summed E-state index contributed by atoms with van der Waals surface area (Å²) in [7, 11) is 0. The molecule has 0 aliphatic rings. The first-order chi connectivity index (χ1) is 8.29. The highest BCUT2D eigenvalue weighted by Gasteiger charge is 2.08. The van der Waals surface area contributed by atoms with E-state index in [1.807, 2.05) is 18.3 Å². The van der Waals surface area contributed by atoms with Gasteiger partial charge in [0.2, 0.25) is 0 Å². The molecule has 1 unspecified atom stereocenters. The van der Waals surface area contributed by atoms with Crippen LogP contribution in [0.5, 0.6) is 0 Å². The molecule has 1 aromatic carbocycles. The lowest BCUT2D eigenvalue weighted by Crippen LogP contribution is -2.20. The monoisotopic (exact) mass is 249 g/mol. The summed E-state index contributed by atoms with van der Waals surface area (Å²) >= 11 is 5.88. The molecule has 4 heteroatoms. The highest BCUT2D eigenvalue weighted by Crippen LogP contribution is 2.19. The molecule has 0 spiro atoms. The van der Waals surface area contributed by atoms with E-state index in [4.69, 9.17) is 11.6 Å². The molecule has 17 heavy (non-hydrogen) atoms. The average molecular weight is 250 g/mol. The molecular weight excluding hydrogens is 234 g/mol. The lowest BCUT2D eigenvalue weighted by atomic mass is 10.0. The van der Waals surface area contributed by atoms with Gasteiger partial charge in [0.1, 0.15) is 0 Å². The van der Waals surface area contributed by atoms with Crippen molar-refractivity contribution < 1.29 is 0 Å². The second-order valence-electron chi connectivity index (χ2n) is 3.97. The number of halogens is 1. The van der Waals surface area contributed by atoms with Crippen LogP contribution in [0.25, 0.3) is 0 Å². The van der Waals surface area contributed by atoms with Crippen LogP contribution >= 0.6 is 11.6 Å². The molecule has 1 atom stereocenters. The van der Waals surface area contributed by atoms with Crippen LogP contribution in [0.3, 0.4) is 0 Å². The Kier molecular flexibility index (Phi) is 4.18. The fourth-order valence-electron chi connectivity index (χ4n) is 1.81. The zero-order valence-corrected chi connectivity index (χ0v) is 10.5. The summed E-state index contributed by atoms with van der Waals surface area (Å²) in [5.74, 6) is 0. The number of H-pyrrole nitrogens is 1. The van der Waals surface area contributed by atoms with E-state index in [1.165, 1.54) is 5.56 Å². The third-order valence-electron chi connectivity index (χ3n) is 2.77. The Labute approximate surface area is 106 Å². The van der Waals surface area contributed by atoms with Crippen LogP contribution in [0.4, 0.5) is 0 Å². The first kappa shape index (κ1) is 12.1. The highest BCUT2D eigenvalue weighted by molar-refractivity contribution is 6.30. The van der Waals surface area contributed by atoms with Gasteiger partial charge in [0.05, 0.1) is 6.33 Å². The Morgan fingerprint density at radius 3 is 2.71 bits per heavy atom. The predicted octanol–water partition coefficient (Wildman–Crippen LogP) is 3.30. The molecule has 3 nitrogen and oxygen atoms in total. The lowest BCUT2D eigenvalue weighted by molar-refractivity contribution is 0.515. The van der Waals surface area contributed by atoms with Gasteiger partial charge < -0.3 is 10.3 Å². The number of rotatable bonds is 5. The molecule has 0 bridgehead atoms. The smallest absolute Gasteiger partial charge is 0.0922 e. The van der Waals surface area contributed by atoms with Crippen molar-refractivity contribution in [2.24, 2.45) is 0 Å². The average Bonchev–Trinajstić information content (AvgIpc) is 2.85. The normalized spacial score (nSPS) is 12.6. The van der Waals surface area contributed by atoms with Gasteiger partial charge in [-0.05, 0) is 24.1 Å². The Balaban J connectivity index is 1.99. The second-order valence-corrected chi connectivity index (χ2v) is 4.41. The van der Waals surface area contributed by atoms with Gasteiger partial charge in [0.25, 0.3) is 0 Å². The SMILES string of the molecule is CCC(NCc1cnc[nH]1)c1ccc(Cl)cc1. The summed E-state index contributed by atoms with van der Waals surface area (Å²) in [4.78, 5) is 7.08. The number of hydrogen-bond acceptors (Lipinski definition) is 2. The van der Waals surface area contributed by atoms with E-state index in [1.54, 1.807) is 6.33 Å². The van der Waals surface area contributed by atoms with Crippen molar-refractivity contribution in [2.75, 3.05) is 0 Å². The Morgan fingerprint density at radius 1 is 1.35 bits per heavy atom. The van der Waals surface area contributed by atoms with Gasteiger partial charge >= 0.3 is 0 Å². The molecule has 0 amide bonds. The van der Waals surface area contributed by atoms with E-state index >= 15 is 0 Å². The van der Waals surface area contributed by atoms with E-state index < -0.39 is 0 Å². The largest absolute Gasteiger partial charge is 0.347 e. The van der Waals surface area contributed by atoms with Crippen LogP contribution in [0.1, 0.15) is 30.6 Å². The standard InChI is InChI=1S/C13H16ClN3/c1-2-13(10-3-5-11(14)6-4-10)16-8-12-7-15-9-17-12/h3-7,9,13,16H,2,8H2,1H3,(H,15,17). The number of nitrogens with one attached hydrogen (secondary N) is 2. The maximum atomic E-state index is 5.88. The minimum absolute atomic E-state index is 0.343. The fraction of sp³-hybridized carbons (Fsp3) is 0.308. The predicted molar refractivity (Wildman–Crippen MR) is 69.9 cm³/mol. The first-order valence-electron chi connectivity index (χ1n) is 5.75. The van der Waals surface area contributed by atoms with Gasteiger partial charge in [-0.2, -0.15) is 0 Å². The Bertz CT molecular complexity index is 436. The van der Waals surface area contributed by atoms with Gasteiger partial charge in [-0.3, -0.25) is 0 Å². The third-order valence-corrected chi connectivity index (χ3v) is 3.03. The molecule has 0 aliphatic carbocycles. The number of aromatic amines is 1. The van der Waals surface area contributed by atoms with Crippen molar-refractivity contribution in [3.8, 4) is 0 Å². The van der Waals surface area contributed by atoms with Gasteiger partial charge in [0.15, 0.2) is 0 Å².